The number of carbonyl (C=O) groups is 2. The predicted octanol–water partition coefficient (Wildman–Crippen LogP) is 2.24. The van der Waals surface area contributed by atoms with Crippen LogP contribution >= 0.6 is 0 Å². The molecule has 2 heterocycles. The van der Waals surface area contributed by atoms with E-state index < -0.39 is 0 Å². The molecular weight excluding hydrogens is 374 g/mol. The van der Waals surface area contributed by atoms with Crippen LogP contribution in [0.15, 0.2) is 54.9 Å². The molecule has 0 spiro atoms. The van der Waals surface area contributed by atoms with Gasteiger partial charge in [-0.2, -0.15) is 10.1 Å². The summed E-state index contributed by atoms with van der Waals surface area (Å²) in [6.45, 7) is -0.174. The molecule has 1 atom stereocenters. The minimum Gasteiger partial charge on any atom is -0.497 e. The molecule has 3 aromatic rings. The Morgan fingerprint density at radius 1 is 1.24 bits per heavy atom. The Morgan fingerprint density at radius 3 is 2.83 bits per heavy atom. The average molecular weight is 393 g/mol. The number of nitrogens with zero attached hydrogens (tertiary/aromatic N) is 3. The Morgan fingerprint density at radius 2 is 2.03 bits per heavy atom. The van der Waals surface area contributed by atoms with Gasteiger partial charge >= 0.3 is 0 Å². The van der Waals surface area contributed by atoms with Crippen LogP contribution in [0.25, 0.3) is 0 Å². The van der Waals surface area contributed by atoms with Crippen LogP contribution in [0, 0.1) is 0 Å². The third-order valence-electron chi connectivity index (χ3n) is 4.51. The Kier molecular flexibility index (Phi) is 5.10. The number of rotatable bonds is 6. The van der Waals surface area contributed by atoms with E-state index in [1.54, 1.807) is 42.1 Å². The highest BCUT2D eigenvalue weighted by atomic mass is 16.5. The van der Waals surface area contributed by atoms with Crippen molar-refractivity contribution < 1.29 is 19.1 Å². The number of para-hydroxylation sites is 1. The van der Waals surface area contributed by atoms with Crippen LogP contribution in [-0.2, 0) is 9.59 Å². The monoisotopic (exact) mass is 393 g/mol. The lowest BCUT2D eigenvalue weighted by molar-refractivity contribution is -0.118. The number of carbonyl (C=O) groups excluding carboxylic acids is 2. The van der Waals surface area contributed by atoms with Gasteiger partial charge in [-0.3, -0.25) is 14.9 Å². The first-order valence-electron chi connectivity index (χ1n) is 8.99. The molecule has 148 valence electrons. The molecule has 4 rings (SSSR count). The van der Waals surface area contributed by atoms with Gasteiger partial charge in [0.1, 0.15) is 17.8 Å². The van der Waals surface area contributed by atoms with E-state index in [9.17, 15) is 9.59 Å². The van der Waals surface area contributed by atoms with Gasteiger partial charge in [0.25, 0.3) is 5.91 Å². The third-order valence-corrected chi connectivity index (χ3v) is 4.51. The molecule has 1 aromatic heterocycles. The summed E-state index contributed by atoms with van der Waals surface area (Å²) >= 11 is 0. The van der Waals surface area contributed by atoms with Crippen LogP contribution in [0.4, 0.5) is 11.6 Å². The van der Waals surface area contributed by atoms with E-state index in [1.165, 1.54) is 6.33 Å². The van der Waals surface area contributed by atoms with Crippen molar-refractivity contribution in [3.8, 4) is 11.5 Å². The quantitative estimate of drug-likeness (QED) is 0.665. The van der Waals surface area contributed by atoms with Gasteiger partial charge in [0.2, 0.25) is 11.9 Å². The normalized spacial score (nSPS) is 15.2. The lowest BCUT2D eigenvalue weighted by Gasteiger charge is -2.25. The zero-order chi connectivity index (χ0) is 20.2. The zero-order valence-corrected chi connectivity index (χ0v) is 15.7. The van der Waals surface area contributed by atoms with E-state index in [1.807, 2.05) is 18.2 Å². The van der Waals surface area contributed by atoms with Gasteiger partial charge < -0.3 is 14.8 Å². The predicted molar refractivity (Wildman–Crippen MR) is 105 cm³/mol. The molecule has 0 radical (unpaired) electrons. The first-order valence-corrected chi connectivity index (χ1v) is 8.99. The summed E-state index contributed by atoms with van der Waals surface area (Å²) in [5, 5.41) is 9.65. The molecule has 0 bridgehead atoms. The molecule has 0 saturated carbocycles. The molecule has 0 unspecified atom stereocenters. The summed E-state index contributed by atoms with van der Waals surface area (Å²) in [5.74, 6) is 1.16. The number of hydrogen-bond donors (Lipinski definition) is 2. The van der Waals surface area contributed by atoms with E-state index >= 15 is 0 Å². The van der Waals surface area contributed by atoms with Gasteiger partial charge in [-0.05, 0) is 30.3 Å². The zero-order valence-electron chi connectivity index (χ0n) is 15.7. The molecule has 9 nitrogen and oxygen atoms in total. The van der Waals surface area contributed by atoms with Crippen molar-refractivity contribution in [1.29, 1.82) is 0 Å². The lowest BCUT2D eigenvalue weighted by Crippen LogP contribution is -2.29. The fourth-order valence-corrected chi connectivity index (χ4v) is 3.15. The Hall–Kier alpha value is -3.88. The van der Waals surface area contributed by atoms with Crippen molar-refractivity contribution in [3.63, 3.8) is 0 Å². The van der Waals surface area contributed by atoms with Crippen molar-refractivity contribution in [2.75, 3.05) is 24.4 Å². The van der Waals surface area contributed by atoms with E-state index in [4.69, 9.17) is 9.47 Å². The second-order valence-corrected chi connectivity index (χ2v) is 6.40. The first-order chi connectivity index (χ1) is 14.1. The summed E-state index contributed by atoms with van der Waals surface area (Å²) in [6.07, 6.45) is 1.59. The summed E-state index contributed by atoms with van der Waals surface area (Å²) in [5.41, 5.74) is 1.40. The molecule has 0 fully saturated rings. The number of benzene rings is 2. The summed E-state index contributed by atoms with van der Waals surface area (Å²) < 4.78 is 12.5. The number of amides is 2. The van der Waals surface area contributed by atoms with Gasteiger partial charge in [-0.15, -0.1) is 0 Å². The number of methoxy groups -OCH3 is 1. The number of ether oxygens (including phenoxy) is 2. The van der Waals surface area contributed by atoms with Crippen molar-refractivity contribution in [3.05, 3.63) is 60.4 Å². The van der Waals surface area contributed by atoms with Gasteiger partial charge in [0.15, 0.2) is 6.61 Å². The summed E-state index contributed by atoms with van der Waals surface area (Å²) in [7, 11) is 1.58. The second-order valence-electron chi connectivity index (χ2n) is 6.40. The van der Waals surface area contributed by atoms with Crippen LogP contribution < -0.4 is 20.1 Å². The molecular formula is C20H19N5O4. The number of hydrogen-bond acceptors (Lipinski definition) is 6. The maximum Gasteiger partial charge on any atom is 0.262 e. The van der Waals surface area contributed by atoms with Gasteiger partial charge in [0, 0.05) is 11.3 Å². The van der Waals surface area contributed by atoms with Crippen LogP contribution in [0.1, 0.15) is 18.0 Å². The highest BCUT2D eigenvalue weighted by molar-refractivity contribution is 5.92. The standard InChI is InChI=1S/C20H19N5O4/c1-28-14-8-6-13(7-9-14)23-19(27)11-29-17-5-3-2-4-15(17)16-10-18(26)24-20-21-12-22-25(16)20/h2-9,12,16H,10-11H2,1H3,(H,23,27)(H,21,22,24,26)/t16-/m1/s1. The molecule has 29 heavy (non-hydrogen) atoms. The van der Waals surface area contributed by atoms with Gasteiger partial charge in [0.05, 0.1) is 19.6 Å². The Labute approximate surface area is 166 Å². The van der Waals surface area contributed by atoms with Gasteiger partial charge in [-0.25, -0.2) is 4.68 Å². The molecule has 0 saturated heterocycles. The van der Waals surface area contributed by atoms with Crippen molar-refractivity contribution in [2.45, 2.75) is 12.5 Å². The lowest BCUT2D eigenvalue weighted by atomic mass is 10.0. The van der Waals surface area contributed by atoms with Crippen molar-refractivity contribution in [2.24, 2.45) is 0 Å². The number of aromatic nitrogens is 3. The number of anilines is 2. The minimum absolute atomic E-state index is 0.150. The highest BCUT2D eigenvalue weighted by Gasteiger charge is 2.29. The molecule has 1 aliphatic heterocycles. The van der Waals surface area contributed by atoms with Crippen molar-refractivity contribution >= 4 is 23.5 Å². The largest absolute Gasteiger partial charge is 0.497 e. The second kappa shape index (κ2) is 8.01. The average Bonchev–Trinajstić information content (AvgIpc) is 3.21. The van der Waals surface area contributed by atoms with E-state index in [0.29, 0.717) is 23.1 Å². The van der Waals surface area contributed by atoms with Crippen molar-refractivity contribution in [1.82, 2.24) is 14.8 Å². The first kappa shape index (κ1) is 18.5. The number of fused-ring (bicyclic) bond motifs is 1. The maximum atomic E-state index is 12.3. The third kappa shape index (κ3) is 4.03. The number of nitrogens with one attached hydrogen (secondary N) is 2. The fraction of sp³-hybridized carbons (Fsp3) is 0.200. The highest BCUT2D eigenvalue weighted by Crippen LogP contribution is 2.34. The Bertz CT molecular complexity index is 1030. The van der Waals surface area contributed by atoms with E-state index in [-0.39, 0.29) is 30.9 Å². The van der Waals surface area contributed by atoms with Crippen LogP contribution in [-0.4, -0.2) is 40.3 Å². The molecule has 9 heteroatoms. The van der Waals surface area contributed by atoms with Crippen LogP contribution in [0.5, 0.6) is 11.5 Å². The maximum absolute atomic E-state index is 12.3. The van der Waals surface area contributed by atoms with E-state index in [2.05, 4.69) is 20.7 Å². The molecule has 1 aliphatic rings. The van der Waals surface area contributed by atoms with Crippen LogP contribution in [0.3, 0.4) is 0 Å². The van der Waals surface area contributed by atoms with E-state index in [0.717, 1.165) is 5.56 Å². The summed E-state index contributed by atoms with van der Waals surface area (Å²) in [4.78, 5) is 28.4. The fourth-order valence-electron chi connectivity index (χ4n) is 3.15. The topological polar surface area (TPSA) is 107 Å². The van der Waals surface area contributed by atoms with Crippen LogP contribution in [0.2, 0.25) is 0 Å². The van der Waals surface area contributed by atoms with Gasteiger partial charge in [-0.1, -0.05) is 18.2 Å². The SMILES string of the molecule is COc1ccc(NC(=O)COc2ccccc2[C@H]2CC(=O)Nc3ncnn32)cc1. The summed E-state index contributed by atoms with van der Waals surface area (Å²) in [6, 6.07) is 13.9. The molecule has 2 N–H and O–H groups in total. The molecule has 2 aromatic carbocycles. The smallest absolute Gasteiger partial charge is 0.262 e. The minimum atomic E-state index is -0.359. The molecule has 0 aliphatic carbocycles. The molecule has 2 amide bonds. The Balaban J connectivity index is 1.46.